The van der Waals surface area contributed by atoms with Gasteiger partial charge in [-0.15, -0.1) is 11.3 Å². The quantitative estimate of drug-likeness (QED) is 0.163. The van der Waals surface area contributed by atoms with Crippen LogP contribution in [0.25, 0.3) is 20.2 Å². The summed E-state index contributed by atoms with van der Waals surface area (Å²) in [4.78, 5) is 8.28. The van der Waals surface area contributed by atoms with E-state index in [0.29, 0.717) is 0 Å². The fourth-order valence-corrected chi connectivity index (χ4v) is 17.5. The van der Waals surface area contributed by atoms with Crippen molar-refractivity contribution in [3.05, 3.63) is 160 Å². The second kappa shape index (κ2) is 15.7. The highest BCUT2D eigenvalue weighted by molar-refractivity contribution is 7.26. The van der Waals surface area contributed by atoms with E-state index in [1.54, 1.807) is 0 Å². The van der Waals surface area contributed by atoms with Gasteiger partial charge in [-0.1, -0.05) is 157 Å². The van der Waals surface area contributed by atoms with Gasteiger partial charge in [0.25, 0.3) is 6.71 Å². The Balaban J connectivity index is 1.10. The van der Waals surface area contributed by atoms with Crippen LogP contribution in [0.3, 0.4) is 0 Å². The fourth-order valence-electron chi connectivity index (χ4n) is 16.3. The predicted molar refractivity (Wildman–Crippen MR) is 330 cm³/mol. The fraction of sp³-hybridized carbons (Fsp3) is 0.408. The van der Waals surface area contributed by atoms with Gasteiger partial charge in [-0.25, -0.2) is 0 Å². The number of thiophene rings is 1. The molecule has 386 valence electrons. The van der Waals surface area contributed by atoms with E-state index in [4.69, 9.17) is 0 Å². The second-order valence-electron chi connectivity index (χ2n) is 28.6. The molecule has 2 atom stereocenters. The minimum atomic E-state index is -0.0640. The molecule has 1 fully saturated rings. The Kier molecular flexibility index (Phi) is 10.0. The number of anilines is 8. The Hall–Kier alpha value is -5.78. The van der Waals surface area contributed by atoms with Gasteiger partial charge in [-0.2, -0.15) is 0 Å². The standard InChI is InChI=1S/C71H78BN3S/c1-43-37-59-63-60(38-43)74(56-30-28-49(65(2,3)4)62-46-21-15-18-24-61(46)76-64(56)62)57-40-45(75-55-23-17-16-22-48(55)70(13)31-19-20-32-71(70,75)14)26-29-53(57)72(63)54-41-51-52(69(11,12)36-35-68(51,9)10)42-58(54)73(59)44-25-27-47-50(39-44)67(7,8)34-33-66(47,5)6/h15-18,21-30,37-42H,19-20,31-36H2,1-14H3. The maximum Gasteiger partial charge on any atom is 0.252 e. The van der Waals surface area contributed by atoms with Crippen LogP contribution >= 0.6 is 11.3 Å². The van der Waals surface area contributed by atoms with Crippen molar-refractivity contribution in [2.24, 2.45) is 0 Å². The van der Waals surface area contributed by atoms with Gasteiger partial charge in [-0.3, -0.25) is 0 Å². The van der Waals surface area contributed by atoms with Crippen LogP contribution in [-0.2, 0) is 32.5 Å². The summed E-state index contributed by atoms with van der Waals surface area (Å²) in [6.45, 7) is 34.6. The van der Waals surface area contributed by atoms with Crippen LogP contribution in [0.4, 0.5) is 45.5 Å². The van der Waals surface area contributed by atoms with Crippen LogP contribution in [0.5, 0.6) is 0 Å². The van der Waals surface area contributed by atoms with Gasteiger partial charge in [-0.05, 0) is 195 Å². The average molecular weight is 1020 g/mol. The molecule has 3 aliphatic heterocycles. The molecule has 0 amide bonds. The first kappa shape index (κ1) is 48.6. The first-order valence-electron chi connectivity index (χ1n) is 29.0. The zero-order valence-corrected chi connectivity index (χ0v) is 48.8. The van der Waals surface area contributed by atoms with Crippen LogP contribution < -0.4 is 31.1 Å². The van der Waals surface area contributed by atoms with Crippen molar-refractivity contribution in [1.82, 2.24) is 0 Å². The maximum atomic E-state index is 2.80. The second-order valence-corrected chi connectivity index (χ2v) is 29.7. The molecule has 0 saturated heterocycles. The molecule has 3 nitrogen and oxygen atoms in total. The largest absolute Gasteiger partial charge is 0.334 e. The van der Waals surface area contributed by atoms with Gasteiger partial charge in [0.1, 0.15) is 0 Å². The van der Waals surface area contributed by atoms with E-state index in [0.717, 1.165) is 0 Å². The van der Waals surface area contributed by atoms with Crippen LogP contribution in [0.1, 0.15) is 180 Å². The Morgan fingerprint density at radius 2 is 1.08 bits per heavy atom. The number of rotatable bonds is 3. The number of aryl methyl sites for hydroxylation is 1. The molecule has 5 heteroatoms. The summed E-state index contributed by atoms with van der Waals surface area (Å²) in [5, 5.41) is 2.76. The number of benzene rings is 7. The van der Waals surface area contributed by atoms with Crippen LogP contribution in [-0.4, -0.2) is 12.3 Å². The summed E-state index contributed by atoms with van der Waals surface area (Å²) in [6.07, 6.45) is 9.64. The molecule has 0 bridgehead atoms. The molecule has 2 unspecified atom stereocenters. The highest BCUT2D eigenvalue weighted by Crippen LogP contribution is 2.62. The third kappa shape index (κ3) is 6.53. The summed E-state index contributed by atoms with van der Waals surface area (Å²) in [7, 11) is 0. The lowest BCUT2D eigenvalue weighted by atomic mass is 9.33. The normalized spacial score (nSPS) is 23.1. The number of hydrogen-bond donors (Lipinski definition) is 0. The summed E-state index contributed by atoms with van der Waals surface area (Å²) in [6, 6.07) is 49.4. The molecule has 0 N–H and O–H groups in total. The molecule has 1 saturated carbocycles. The molecule has 6 aliphatic rings. The first-order chi connectivity index (χ1) is 35.9. The summed E-state index contributed by atoms with van der Waals surface area (Å²) in [5.41, 5.74) is 25.2. The van der Waals surface area contributed by atoms with Gasteiger partial charge in [0.05, 0.1) is 15.9 Å². The lowest BCUT2D eigenvalue weighted by Crippen LogP contribution is -2.62. The van der Waals surface area contributed by atoms with Crippen molar-refractivity contribution in [3.63, 3.8) is 0 Å². The van der Waals surface area contributed by atoms with Crippen molar-refractivity contribution in [2.75, 3.05) is 14.7 Å². The van der Waals surface area contributed by atoms with Crippen molar-refractivity contribution < 1.29 is 0 Å². The van der Waals surface area contributed by atoms with Crippen molar-refractivity contribution in [3.8, 4) is 0 Å². The molecule has 4 heterocycles. The highest BCUT2D eigenvalue weighted by atomic mass is 32.1. The van der Waals surface area contributed by atoms with Crippen molar-refractivity contribution in [1.29, 1.82) is 0 Å². The number of para-hydroxylation sites is 1. The van der Waals surface area contributed by atoms with Crippen molar-refractivity contribution >= 4 is 100 Å². The van der Waals surface area contributed by atoms with E-state index < -0.39 is 0 Å². The zero-order valence-electron chi connectivity index (χ0n) is 48.0. The van der Waals surface area contributed by atoms with E-state index in [-0.39, 0.29) is 44.7 Å². The predicted octanol–water partition coefficient (Wildman–Crippen LogP) is 18.2. The summed E-state index contributed by atoms with van der Waals surface area (Å²) < 4.78 is 2.71. The molecule has 7 aromatic carbocycles. The van der Waals surface area contributed by atoms with Gasteiger partial charge >= 0.3 is 0 Å². The first-order valence-corrected chi connectivity index (χ1v) is 29.8. The molecule has 0 radical (unpaired) electrons. The molecule has 3 aliphatic carbocycles. The molecular formula is C71H78BN3S. The Bertz CT molecular complexity index is 3800. The van der Waals surface area contributed by atoms with Gasteiger partial charge in [0.2, 0.25) is 0 Å². The van der Waals surface area contributed by atoms with Crippen LogP contribution in [0, 0.1) is 6.92 Å². The molecule has 76 heavy (non-hydrogen) atoms. The lowest BCUT2D eigenvalue weighted by molar-refractivity contribution is 0.195. The Morgan fingerprint density at radius 3 is 1.80 bits per heavy atom. The van der Waals surface area contributed by atoms with E-state index >= 15 is 0 Å². The SMILES string of the molecule is Cc1cc2c3c(c1)N(c1ccc(C(C)(C)C)c4c1sc1ccccc14)c1cc(N4c5ccccc5C5(C)CCCCC45C)ccc1B3c1cc3c(cc1N2c1ccc2c(c1)C(C)(C)CCC2(C)C)C(C)(C)CCC3(C)C. The smallest absolute Gasteiger partial charge is 0.252 e. The minimum absolute atomic E-state index is 0.0180. The molecule has 0 spiro atoms. The molecular weight excluding hydrogens is 938 g/mol. The van der Waals surface area contributed by atoms with E-state index in [1.807, 2.05) is 11.3 Å². The van der Waals surface area contributed by atoms with E-state index in [9.17, 15) is 0 Å². The van der Waals surface area contributed by atoms with Gasteiger partial charge < -0.3 is 14.7 Å². The Morgan fingerprint density at radius 1 is 0.474 bits per heavy atom. The van der Waals surface area contributed by atoms with E-state index in [1.165, 1.54) is 172 Å². The Labute approximate surface area is 458 Å². The number of hydrogen-bond acceptors (Lipinski definition) is 4. The van der Waals surface area contributed by atoms with Crippen LogP contribution in [0.15, 0.2) is 121 Å². The minimum Gasteiger partial charge on any atom is -0.334 e. The highest BCUT2D eigenvalue weighted by Gasteiger charge is 2.58. The van der Waals surface area contributed by atoms with Gasteiger partial charge in [0, 0.05) is 60.7 Å². The van der Waals surface area contributed by atoms with Crippen molar-refractivity contribution in [2.45, 2.75) is 186 Å². The summed E-state index contributed by atoms with van der Waals surface area (Å²) >= 11 is 1.98. The zero-order chi connectivity index (χ0) is 53.0. The molecule has 8 aromatic rings. The topological polar surface area (TPSA) is 9.72 Å². The van der Waals surface area contributed by atoms with Gasteiger partial charge in [0.15, 0.2) is 0 Å². The average Bonchev–Trinajstić information content (AvgIpc) is 3.77. The third-order valence-electron chi connectivity index (χ3n) is 21.1. The number of nitrogens with zero attached hydrogens (tertiary/aromatic N) is 3. The lowest BCUT2D eigenvalue weighted by Gasteiger charge is -2.51. The maximum absolute atomic E-state index is 2.80. The number of fused-ring (bicyclic) bond motifs is 12. The van der Waals surface area contributed by atoms with E-state index in [2.05, 4.69) is 233 Å². The summed E-state index contributed by atoms with van der Waals surface area (Å²) in [5.74, 6) is 0. The monoisotopic (exact) mass is 1020 g/mol. The molecule has 1 aromatic heterocycles. The third-order valence-corrected chi connectivity index (χ3v) is 22.3. The van der Waals surface area contributed by atoms with Crippen LogP contribution in [0.2, 0.25) is 0 Å². The molecule has 14 rings (SSSR count).